The number of carboxylic acids is 1. The van der Waals surface area contributed by atoms with Crippen LogP contribution in [0.4, 0.5) is 11.5 Å². The molecule has 1 aromatic carbocycles. The van der Waals surface area contributed by atoms with Crippen molar-refractivity contribution < 1.29 is 14.6 Å². The van der Waals surface area contributed by atoms with Gasteiger partial charge in [-0.15, -0.1) is 0 Å². The lowest BCUT2D eigenvalue weighted by Gasteiger charge is -2.47. The summed E-state index contributed by atoms with van der Waals surface area (Å²) in [6, 6.07) is 10.4. The first-order chi connectivity index (χ1) is 16.8. The van der Waals surface area contributed by atoms with E-state index in [0.717, 1.165) is 37.0 Å². The molecule has 1 spiro atoms. The van der Waals surface area contributed by atoms with Crippen molar-refractivity contribution in [3.63, 3.8) is 0 Å². The molecule has 2 N–H and O–H groups in total. The fourth-order valence-corrected chi connectivity index (χ4v) is 5.06. The number of piperidine rings is 1. The molecule has 0 unspecified atom stereocenters. The Morgan fingerprint density at radius 1 is 1.29 bits per heavy atom. The van der Waals surface area contributed by atoms with Gasteiger partial charge in [0.2, 0.25) is 0 Å². The van der Waals surface area contributed by atoms with Crippen molar-refractivity contribution in [3.8, 4) is 6.07 Å². The molecule has 2 aliphatic heterocycles. The van der Waals surface area contributed by atoms with Crippen molar-refractivity contribution >= 4 is 23.1 Å². The molecule has 5 rings (SSSR count). The van der Waals surface area contributed by atoms with Crippen LogP contribution in [0.2, 0.25) is 0 Å². The number of anilines is 2. The largest absolute Gasteiger partial charge is 0.478 e. The van der Waals surface area contributed by atoms with E-state index in [9.17, 15) is 20.0 Å². The number of nitrogens with one attached hydrogen (secondary N) is 1. The molecule has 0 saturated carbocycles. The number of nitriles is 1. The first-order valence-electron chi connectivity index (χ1n) is 11.8. The summed E-state index contributed by atoms with van der Waals surface area (Å²) in [6.07, 6.45) is 4.40. The summed E-state index contributed by atoms with van der Waals surface area (Å²) in [4.78, 5) is 31.9. The van der Waals surface area contributed by atoms with Gasteiger partial charge >= 0.3 is 5.97 Å². The number of nitrogens with zero attached hydrogens (tertiary/aromatic N) is 4. The van der Waals surface area contributed by atoms with Gasteiger partial charge in [-0.05, 0) is 56.9 Å². The number of carbonyl (C=O) groups is 1. The molecule has 9 heteroatoms. The minimum atomic E-state index is -1.02. The number of aromatic carboxylic acids is 1. The molecule has 0 aliphatic carbocycles. The van der Waals surface area contributed by atoms with Gasteiger partial charge in [0.15, 0.2) is 11.4 Å². The van der Waals surface area contributed by atoms with Gasteiger partial charge in [-0.1, -0.05) is 12.1 Å². The summed E-state index contributed by atoms with van der Waals surface area (Å²) in [5, 5.41) is 22.7. The van der Waals surface area contributed by atoms with Crippen LogP contribution in [0.5, 0.6) is 0 Å². The average Bonchev–Trinajstić information content (AvgIpc) is 2.83. The summed E-state index contributed by atoms with van der Waals surface area (Å²) in [6.45, 7) is 5.89. The van der Waals surface area contributed by atoms with Crippen LogP contribution in [0.3, 0.4) is 0 Å². The fraction of sp³-hybridized carbons (Fsp3) is 0.385. The molecule has 3 aromatic rings. The number of benzene rings is 1. The van der Waals surface area contributed by atoms with E-state index in [1.807, 2.05) is 24.8 Å². The number of ether oxygens (including phenoxy) is 1. The molecular formula is C26H27N5O4. The van der Waals surface area contributed by atoms with Crippen LogP contribution in [0, 0.1) is 18.3 Å². The number of pyridine rings is 1. The highest BCUT2D eigenvalue weighted by Gasteiger charge is 2.41. The standard InChI is InChI=1S/C26H27N5O4/c1-16-13-19(17(2)28-21-6-4-3-5-18(21)25(33)34)23-29-22(20(14-27)24(32)31(23)15-16)30-10-7-26(8-11-30)9-12-35-26/h3-6,13,15,17,28H,7-12H2,1-2H3,(H,33,34)/t17-/m1/s1. The van der Waals surface area contributed by atoms with E-state index < -0.39 is 11.5 Å². The fourth-order valence-electron chi connectivity index (χ4n) is 5.06. The Kier molecular flexibility index (Phi) is 5.69. The third-order valence-electron chi connectivity index (χ3n) is 7.12. The molecule has 4 heterocycles. The van der Waals surface area contributed by atoms with E-state index >= 15 is 0 Å². The van der Waals surface area contributed by atoms with Crippen LogP contribution in [-0.4, -0.2) is 45.8 Å². The second-order valence-electron chi connectivity index (χ2n) is 9.38. The lowest BCUT2D eigenvalue weighted by Crippen LogP contribution is -2.52. The highest BCUT2D eigenvalue weighted by atomic mass is 16.5. The van der Waals surface area contributed by atoms with E-state index in [1.165, 1.54) is 4.40 Å². The minimum Gasteiger partial charge on any atom is -0.478 e. The molecule has 1 atom stereocenters. The Hall–Kier alpha value is -3.90. The van der Waals surface area contributed by atoms with E-state index in [-0.39, 0.29) is 22.8 Å². The van der Waals surface area contributed by atoms with E-state index in [0.29, 0.717) is 30.2 Å². The van der Waals surface area contributed by atoms with Crippen molar-refractivity contribution in [1.29, 1.82) is 5.26 Å². The summed E-state index contributed by atoms with van der Waals surface area (Å²) in [5.74, 6) is -0.627. The van der Waals surface area contributed by atoms with Gasteiger partial charge in [-0.25, -0.2) is 9.78 Å². The summed E-state index contributed by atoms with van der Waals surface area (Å²) in [7, 11) is 0. The summed E-state index contributed by atoms with van der Waals surface area (Å²) < 4.78 is 7.24. The Morgan fingerprint density at radius 3 is 2.63 bits per heavy atom. The first-order valence-corrected chi connectivity index (χ1v) is 11.8. The van der Waals surface area contributed by atoms with Crippen molar-refractivity contribution in [2.45, 2.75) is 44.8 Å². The topological polar surface area (TPSA) is 120 Å². The molecule has 0 amide bonds. The van der Waals surface area contributed by atoms with Gasteiger partial charge in [-0.2, -0.15) is 5.26 Å². The second kappa shape index (κ2) is 8.71. The quantitative estimate of drug-likeness (QED) is 0.578. The highest BCUT2D eigenvalue weighted by Crippen LogP contribution is 2.38. The van der Waals surface area contributed by atoms with Crippen molar-refractivity contribution in [1.82, 2.24) is 9.38 Å². The van der Waals surface area contributed by atoms with Crippen molar-refractivity contribution in [2.75, 3.05) is 29.9 Å². The van der Waals surface area contributed by atoms with Crippen LogP contribution in [0.25, 0.3) is 5.65 Å². The lowest BCUT2D eigenvalue weighted by atomic mass is 9.84. The van der Waals surface area contributed by atoms with Gasteiger partial charge in [-0.3, -0.25) is 9.20 Å². The maximum atomic E-state index is 13.4. The Bertz CT molecular complexity index is 1410. The van der Waals surface area contributed by atoms with Crippen LogP contribution < -0.4 is 15.8 Å². The predicted octanol–water partition coefficient (Wildman–Crippen LogP) is 3.51. The van der Waals surface area contributed by atoms with Gasteiger partial charge < -0.3 is 20.1 Å². The van der Waals surface area contributed by atoms with E-state index in [2.05, 4.69) is 11.4 Å². The van der Waals surface area contributed by atoms with Crippen molar-refractivity contribution in [3.05, 3.63) is 69.1 Å². The molecule has 9 nitrogen and oxygen atoms in total. The minimum absolute atomic E-state index is 0.0290. The van der Waals surface area contributed by atoms with Gasteiger partial charge in [0.25, 0.3) is 5.56 Å². The highest BCUT2D eigenvalue weighted by molar-refractivity contribution is 5.94. The molecule has 0 radical (unpaired) electrons. The number of hydrogen-bond acceptors (Lipinski definition) is 7. The van der Waals surface area contributed by atoms with E-state index in [1.54, 1.807) is 30.5 Å². The second-order valence-corrected chi connectivity index (χ2v) is 9.38. The summed E-state index contributed by atoms with van der Waals surface area (Å²) in [5.41, 5.74) is 2.21. The van der Waals surface area contributed by atoms with Crippen LogP contribution in [0.1, 0.15) is 59.3 Å². The van der Waals surface area contributed by atoms with Gasteiger partial charge in [0, 0.05) is 30.5 Å². The van der Waals surface area contributed by atoms with Gasteiger partial charge in [0.05, 0.1) is 23.8 Å². The molecule has 2 aromatic heterocycles. The zero-order valence-corrected chi connectivity index (χ0v) is 19.7. The Balaban J connectivity index is 1.58. The summed E-state index contributed by atoms with van der Waals surface area (Å²) >= 11 is 0. The Morgan fingerprint density at radius 2 is 2.00 bits per heavy atom. The molecule has 2 saturated heterocycles. The van der Waals surface area contributed by atoms with Crippen LogP contribution in [0.15, 0.2) is 41.3 Å². The molecule has 2 fully saturated rings. The van der Waals surface area contributed by atoms with Crippen molar-refractivity contribution in [2.24, 2.45) is 0 Å². The first kappa shape index (κ1) is 22.9. The number of fused-ring (bicyclic) bond motifs is 1. The SMILES string of the molecule is Cc1cc([C@@H](C)Nc2ccccc2C(=O)O)c2nc(N3CCC4(CCO4)CC3)c(C#N)c(=O)n2c1. The normalized spacial score (nSPS) is 17.6. The number of carboxylic acid groups (broad SMARTS) is 1. The van der Waals surface area contributed by atoms with E-state index in [4.69, 9.17) is 9.72 Å². The average molecular weight is 474 g/mol. The number of aromatic nitrogens is 2. The molecular weight excluding hydrogens is 446 g/mol. The number of aryl methyl sites for hydroxylation is 1. The monoisotopic (exact) mass is 473 g/mol. The van der Waals surface area contributed by atoms with Crippen LogP contribution in [-0.2, 0) is 4.74 Å². The third-order valence-corrected chi connectivity index (χ3v) is 7.12. The third kappa shape index (κ3) is 4.00. The number of hydrogen-bond donors (Lipinski definition) is 2. The zero-order chi connectivity index (χ0) is 24.7. The molecule has 35 heavy (non-hydrogen) atoms. The number of rotatable bonds is 5. The maximum absolute atomic E-state index is 13.4. The Labute approximate surface area is 202 Å². The van der Waals surface area contributed by atoms with Gasteiger partial charge in [0.1, 0.15) is 11.7 Å². The maximum Gasteiger partial charge on any atom is 0.337 e. The molecule has 0 bridgehead atoms. The van der Waals surface area contributed by atoms with Crippen LogP contribution >= 0.6 is 0 Å². The number of para-hydroxylation sites is 1. The zero-order valence-electron chi connectivity index (χ0n) is 19.7. The lowest BCUT2D eigenvalue weighted by molar-refractivity contribution is -0.158. The smallest absolute Gasteiger partial charge is 0.337 e. The molecule has 2 aliphatic rings. The molecule has 180 valence electrons. The predicted molar refractivity (Wildman–Crippen MR) is 131 cm³/mol.